The average molecular weight is 252 g/mol. The van der Waals surface area contributed by atoms with Crippen molar-refractivity contribution in [3.63, 3.8) is 0 Å². The summed E-state index contributed by atoms with van der Waals surface area (Å²) in [5, 5.41) is 10.5. The first-order chi connectivity index (χ1) is 9.28. The van der Waals surface area contributed by atoms with E-state index in [1.807, 2.05) is 43.6 Å². The Morgan fingerprint density at radius 1 is 1.21 bits per heavy atom. The topological polar surface area (TPSA) is 38.0 Å². The van der Waals surface area contributed by atoms with Crippen LogP contribution in [0.5, 0.6) is 0 Å². The van der Waals surface area contributed by atoms with Gasteiger partial charge in [-0.25, -0.2) is 0 Å². The highest BCUT2D eigenvalue weighted by Crippen LogP contribution is 2.16. The summed E-state index contributed by atoms with van der Waals surface area (Å²) in [6.45, 7) is 2.82. The molecule has 1 aromatic carbocycles. The summed E-state index contributed by atoms with van der Waals surface area (Å²) in [7, 11) is 0. The van der Waals surface area contributed by atoms with Crippen LogP contribution < -0.4 is 0 Å². The minimum Gasteiger partial charge on any atom is -0.390 e. The van der Waals surface area contributed by atoms with Gasteiger partial charge >= 0.3 is 0 Å². The maximum Gasteiger partial charge on any atom is 0.0835 e. The highest BCUT2D eigenvalue weighted by Gasteiger charge is 2.05. The van der Waals surface area contributed by atoms with Gasteiger partial charge in [0.25, 0.3) is 0 Å². The van der Waals surface area contributed by atoms with E-state index in [-0.39, 0.29) is 6.61 Å². The second kappa shape index (κ2) is 4.86. The Morgan fingerprint density at radius 3 is 2.89 bits per heavy atom. The molecule has 3 aromatic rings. The molecule has 0 aliphatic carbocycles. The molecule has 1 N–H and O–H groups in total. The van der Waals surface area contributed by atoms with Crippen molar-refractivity contribution in [2.75, 3.05) is 0 Å². The molecule has 96 valence electrons. The number of pyridine rings is 1. The van der Waals surface area contributed by atoms with E-state index in [2.05, 4.69) is 21.7 Å². The summed E-state index contributed by atoms with van der Waals surface area (Å²) < 4.78 is 2.07. The molecule has 2 heterocycles. The zero-order valence-corrected chi connectivity index (χ0v) is 10.9. The molecule has 0 amide bonds. The van der Waals surface area contributed by atoms with Gasteiger partial charge in [-0.3, -0.25) is 4.98 Å². The fraction of sp³-hybridized carbons (Fsp3) is 0.188. The number of aliphatic hydroxyl groups excluding tert-OH is 1. The van der Waals surface area contributed by atoms with Crippen molar-refractivity contribution < 1.29 is 5.11 Å². The minimum absolute atomic E-state index is 0.0693. The first-order valence-corrected chi connectivity index (χ1v) is 6.37. The molecule has 0 radical (unpaired) electrons. The Kier molecular flexibility index (Phi) is 3.05. The normalized spacial score (nSPS) is 11.1. The maximum absolute atomic E-state index is 9.40. The molecule has 0 aliphatic rings. The zero-order chi connectivity index (χ0) is 13.2. The molecule has 3 heteroatoms. The molecule has 0 saturated heterocycles. The second-order valence-corrected chi connectivity index (χ2v) is 4.77. The Morgan fingerprint density at radius 2 is 2.05 bits per heavy atom. The lowest BCUT2D eigenvalue weighted by Gasteiger charge is -2.09. The molecule has 0 fully saturated rings. The highest BCUT2D eigenvalue weighted by atomic mass is 16.3. The Labute approximate surface area is 112 Å². The number of nitrogens with zero attached hydrogens (tertiary/aromatic N) is 2. The number of benzene rings is 1. The lowest BCUT2D eigenvalue weighted by molar-refractivity contribution is 0.270. The molecule has 0 aliphatic heterocycles. The number of aryl methyl sites for hydroxylation is 1. The van der Waals surface area contributed by atoms with Gasteiger partial charge in [-0.05, 0) is 36.2 Å². The van der Waals surface area contributed by atoms with Crippen molar-refractivity contribution in [3.05, 3.63) is 65.6 Å². The molecule has 0 saturated carbocycles. The van der Waals surface area contributed by atoms with Crippen molar-refractivity contribution in [2.24, 2.45) is 0 Å². The Bertz CT molecular complexity index is 716. The molecule has 0 atom stereocenters. The molecule has 3 rings (SSSR count). The number of hydrogen-bond acceptors (Lipinski definition) is 2. The summed E-state index contributed by atoms with van der Waals surface area (Å²) in [6.07, 6.45) is 3.91. The van der Waals surface area contributed by atoms with Crippen LogP contribution in [0.3, 0.4) is 0 Å². The lowest BCUT2D eigenvalue weighted by Crippen LogP contribution is -2.04. The third kappa shape index (κ3) is 2.25. The number of para-hydroxylation sites is 1. The molecule has 0 spiro atoms. The SMILES string of the molecule is Cc1ccn(Cc2cnc3ccccc3c2)c1CO. The van der Waals surface area contributed by atoms with E-state index >= 15 is 0 Å². The smallest absolute Gasteiger partial charge is 0.0835 e. The minimum atomic E-state index is 0.0693. The van der Waals surface area contributed by atoms with Crippen LogP contribution in [0.2, 0.25) is 0 Å². The molecular formula is C16H16N2O. The zero-order valence-electron chi connectivity index (χ0n) is 10.9. The fourth-order valence-electron chi connectivity index (χ4n) is 2.38. The van der Waals surface area contributed by atoms with Crippen LogP contribution in [0.1, 0.15) is 16.8 Å². The van der Waals surface area contributed by atoms with Gasteiger partial charge in [-0.1, -0.05) is 18.2 Å². The summed E-state index contributed by atoms with van der Waals surface area (Å²) in [6, 6.07) is 12.3. The number of fused-ring (bicyclic) bond motifs is 1. The second-order valence-electron chi connectivity index (χ2n) is 4.77. The largest absolute Gasteiger partial charge is 0.390 e. The van der Waals surface area contributed by atoms with Crippen molar-refractivity contribution in [2.45, 2.75) is 20.1 Å². The highest BCUT2D eigenvalue weighted by molar-refractivity contribution is 5.78. The third-order valence-corrected chi connectivity index (χ3v) is 3.46. The first-order valence-electron chi connectivity index (χ1n) is 6.37. The maximum atomic E-state index is 9.40. The number of rotatable bonds is 3. The van der Waals surface area contributed by atoms with Gasteiger partial charge in [0.1, 0.15) is 0 Å². The first kappa shape index (κ1) is 11.9. The van der Waals surface area contributed by atoms with Crippen LogP contribution in [0, 0.1) is 6.92 Å². The van der Waals surface area contributed by atoms with E-state index in [0.717, 1.165) is 34.3 Å². The quantitative estimate of drug-likeness (QED) is 0.778. The Hall–Kier alpha value is -2.13. The van der Waals surface area contributed by atoms with E-state index in [1.165, 1.54) is 0 Å². The van der Waals surface area contributed by atoms with Crippen LogP contribution in [-0.4, -0.2) is 14.7 Å². The van der Waals surface area contributed by atoms with Gasteiger partial charge in [0.05, 0.1) is 12.1 Å². The molecule has 0 bridgehead atoms. The van der Waals surface area contributed by atoms with Crippen LogP contribution in [0.4, 0.5) is 0 Å². The number of aromatic nitrogens is 2. The molecule has 0 unspecified atom stereocenters. The summed E-state index contributed by atoms with van der Waals surface area (Å²) in [5.41, 5.74) is 4.24. The van der Waals surface area contributed by atoms with E-state index in [0.29, 0.717) is 0 Å². The van der Waals surface area contributed by atoms with Crippen LogP contribution in [0.25, 0.3) is 10.9 Å². The van der Waals surface area contributed by atoms with E-state index in [4.69, 9.17) is 0 Å². The van der Waals surface area contributed by atoms with Crippen LogP contribution in [0.15, 0.2) is 48.8 Å². The van der Waals surface area contributed by atoms with Gasteiger partial charge in [0, 0.05) is 30.0 Å². The van der Waals surface area contributed by atoms with Crippen molar-refractivity contribution in [1.29, 1.82) is 0 Å². The van der Waals surface area contributed by atoms with E-state index in [9.17, 15) is 5.11 Å². The molecule has 3 nitrogen and oxygen atoms in total. The number of aliphatic hydroxyl groups is 1. The van der Waals surface area contributed by atoms with Crippen molar-refractivity contribution >= 4 is 10.9 Å². The predicted molar refractivity (Wildman–Crippen MR) is 75.9 cm³/mol. The standard InChI is InChI=1S/C16H16N2O/c1-12-6-7-18(16(12)11-19)10-13-8-14-4-2-3-5-15(14)17-9-13/h2-9,19H,10-11H2,1H3. The van der Waals surface area contributed by atoms with Gasteiger partial charge in [-0.2, -0.15) is 0 Å². The molecular weight excluding hydrogens is 236 g/mol. The van der Waals surface area contributed by atoms with E-state index < -0.39 is 0 Å². The average Bonchev–Trinajstić information content (AvgIpc) is 2.79. The third-order valence-electron chi connectivity index (χ3n) is 3.46. The Balaban J connectivity index is 1.96. The van der Waals surface area contributed by atoms with Gasteiger partial charge < -0.3 is 9.67 Å². The summed E-state index contributed by atoms with van der Waals surface area (Å²) >= 11 is 0. The fourth-order valence-corrected chi connectivity index (χ4v) is 2.38. The van der Waals surface area contributed by atoms with Crippen molar-refractivity contribution in [3.8, 4) is 0 Å². The van der Waals surface area contributed by atoms with Crippen LogP contribution in [-0.2, 0) is 13.2 Å². The summed E-state index contributed by atoms with van der Waals surface area (Å²) in [5.74, 6) is 0. The monoisotopic (exact) mass is 252 g/mol. The molecule has 19 heavy (non-hydrogen) atoms. The van der Waals surface area contributed by atoms with E-state index in [1.54, 1.807) is 0 Å². The van der Waals surface area contributed by atoms with Crippen molar-refractivity contribution in [1.82, 2.24) is 9.55 Å². The van der Waals surface area contributed by atoms with Gasteiger partial charge in [-0.15, -0.1) is 0 Å². The lowest BCUT2D eigenvalue weighted by atomic mass is 10.1. The van der Waals surface area contributed by atoms with Gasteiger partial charge in [0.15, 0.2) is 0 Å². The predicted octanol–water partition coefficient (Wildman–Crippen LogP) is 2.89. The van der Waals surface area contributed by atoms with Crippen LogP contribution >= 0.6 is 0 Å². The number of hydrogen-bond donors (Lipinski definition) is 1. The van der Waals surface area contributed by atoms with Gasteiger partial charge in [0.2, 0.25) is 0 Å². The molecule has 2 aromatic heterocycles. The summed E-state index contributed by atoms with van der Waals surface area (Å²) in [4.78, 5) is 4.46.